The van der Waals surface area contributed by atoms with E-state index in [-0.39, 0.29) is 23.8 Å². The largest absolute Gasteiger partial charge is 0.342 e. The Morgan fingerprint density at radius 1 is 1.27 bits per heavy atom. The van der Waals surface area contributed by atoms with E-state index >= 15 is 0 Å². The molecule has 2 aliphatic heterocycles. The predicted molar refractivity (Wildman–Crippen MR) is 125 cm³/mol. The molecule has 1 aromatic carbocycles. The van der Waals surface area contributed by atoms with Gasteiger partial charge in [0.05, 0.1) is 18.3 Å². The number of benzene rings is 1. The van der Waals surface area contributed by atoms with Gasteiger partial charge in [0.15, 0.2) is 5.96 Å². The molecule has 0 spiro atoms. The third-order valence-corrected chi connectivity index (χ3v) is 6.85. The van der Waals surface area contributed by atoms with Crippen molar-refractivity contribution in [3.8, 4) is 0 Å². The van der Waals surface area contributed by atoms with Gasteiger partial charge in [0.1, 0.15) is 11.9 Å². The van der Waals surface area contributed by atoms with Gasteiger partial charge >= 0.3 is 0 Å². The van der Waals surface area contributed by atoms with Crippen molar-refractivity contribution < 1.29 is 9.59 Å². The van der Waals surface area contributed by atoms with Crippen LogP contribution in [0.1, 0.15) is 80.2 Å². The summed E-state index contributed by atoms with van der Waals surface area (Å²) in [5.41, 5.74) is 2.50. The van der Waals surface area contributed by atoms with E-state index in [4.69, 9.17) is 5.41 Å². The number of nitrogens with zero attached hydrogens (tertiary/aromatic N) is 4. The maximum absolute atomic E-state index is 13.5. The number of amides is 2. The molecule has 2 aliphatic rings. The fourth-order valence-electron chi connectivity index (χ4n) is 4.67. The number of rotatable bonds is 7. The maximum Gasteiger partial charge on any atom is 0.255 e. The van der Waals surface area contributed by atoms with Crippen LogP contribution in [0.15, 0.2) is 36.8 Å². The lowest BCUT2D eigenvalue weighted by Crippen LogP contribution is -2.46. The van der Waals surface area contributed by atoms with Crippen LogP contribution in [-0.4, -0.2) is 43.1 Å². The number of guanidine groups is 1. The zero-order valence-electron chi connectivity index (χ0n) is 19.8. The Balaban J connectivity index is 1.53. The summed E-state index contributed by atoms with van der Waals surface area (Å²) in [5, 5.41) is 11.7. The smallest absolute Gasteiger partial charge is 0.255 e. The van der Waals surface area contributed by atoms with Gasteiger partial charge in [-0.1, -0.05) is 32.9 Å². The molecule has 174 valence electrons. The van der Waals surface area contributed by atoms with Gasteiger partial charge in [0.2, 0.25) is 0 Å². The summed E-state index contributed by atoms with van der Waals surface area (Å²) in [5.74, 6) is 0.466. The van der Waals surface area contributed by atoms with E-state index < -0.39 is 5.54 Å². The normalized spacial score (nSPS) is 20.9. The average molecular weight is 449 g/mol. The highest BCUT2D eigenvalue weighted by molar-refractivity contribution is 6.08. The number of carbonyl (C=O) groups excluding carboxylic acids is 2. The molecule has 1 saturated heterocycles. The summed E-state index contributed by atoms with van der Waals surface area (Å²) in [6.07, 6.45) is 5.49. The van der Waals surface area contributed by atoms with Crippen LogP contribution in [0.5, 0.6) is 0 Å². The van der Waals surface area contributed by atoms with Gasteiger partial charge in [-0.15, -0.1) is 0 Å². The highest BCUT2D eigenvalue weighted by Crippen LogP contribution is 2.33. The van der Waals surface area contributed by atoms with Crippen LogP contribution in [0, 0.1) is 11.3 Å². The lowest BCUT2D eigenvalue weighted by Gasteiger charge is -2.28. The first-order chi connectivity index (χ1) is 15.8. The Morgan fingerprint density at radius 3 is 2.76 bits per heavy atom. The fourth-order valence-corrected chi connectivity index (χ4v) is 4.67. The van der Waals surface area contributed by atoms with E-state index in [9.17, 15) is 9.59 Å². The van der Waals surface area contributed by atoms with Crippen LogP contribution in [0.3, 0.4) is 0 Å². The monoisotopic (exact) mass is 448 g/mol. The van der Waals surface area contributed by atoms with Crippen LogP contribution in [0.25, 0.3) is 0 Å². The molecule has 2 aromatic rings. The standard InChI is InChI=1S/C25H32N6O2/c1-5-25(10-9-16(2)3)23(33)31(24(26)29-25)17(4)18-7-6-8-19(11-18)22(32)30-13-20-12-27-15-28-21(20)14-30/h6-8,11-12,15-17H,5,9-10,13-14H2,1-4H3,(H2,26,29)/t17-,25+/m1/s1. The van der Waals surface area contributed by atoms with Crippen LogP contribution < -0.4 is 5.32 Å². The zero-order valence-corrected chi connectivity index (χ0v) is 19.8. The van der Waals surface area contributed by atoms with Gasteiger partial charge in [-0.05, 0) is 49.8 Å². The summed E-state index contributed by atoms with van der Waals surface area (Å²) >= 11 is 0. The van der Waals surface area contributed by atoms with Crippen molar-refractivity contribution in [2.75, 3.05) is 0 Å². The first-order valence-electron chi connectivity index (χ1n) is 11.6. The Hall–Kier alpha value is -3.29. The van der Waals surface area contributed by atoms with E-state index in [1.807, 2.05) is 32.0 Å². The Kier molecular flexibility index (Phi) is 6.19. The van der Waals surface area contributed by atoms with Crippen LogP contribution in [-0.2, 0) is 17.9 Å². The third-order valence-electron chi connectivity index (χ3n) is 6.85. The number of aromatic nitrogens is 2. The SMILES string of the molecule is CC[C@@]1(CCC(C)C)NC(=N)N([C@H](C)c2cccc(C(=O)N3Cc4cncnc4C3)c2)C1=O. The van der Waals surface area contributed by atoms with E-state index in [2.05, 4.69) is 29.1 Å². The number of fused-ring (bicyclic) bond motifs is 1. The molecule has 1 aromatic heterocycles. The molecule has 8 heteroatoms. The number of hydrogen-bond donors (Lipinski definition) is 2. The van der Waals surface area contributed by atoms with Crippen LogP contribution in [0.4, 0.5) is 0 Å². The Morgan fingerprint density at radius 2 is 2.06 bits per heavy atom. The Labute approximate surface area is 194 Å². The lowest BCUT2D eigenvalue weighted by atomic mass is 9.87. The second kappa shape index (κ2) is 8.92. The molecule has 0 bridgehead atoms. The number of nitrogens with one attached hydrogen (secondary N) is 2. The van der Waals surface area contributed by atoms with Gasteiger partial charge < -0.3 is 10.2 Å². The highest BCUT2D eigenvalue weighted by atomic mass is 16.2. The van der Waals surface area contributed by atoms with Crippen molar-refractivity contribution in [2.45, 2.75) is 71.6 Å². The summed E-state index contributed by atoms with van der Waals surface area (Å²) in [4.78, 5) is 38.3. The molecule has 2 amide bonds. The molecule has 0 saturated carbocycles. The number of carbonyl (C=O) groups is 2. The summed E-state index contributed by atoms with van der Waals surface area (Å²) < 4.78 is 0. The molecule has 0 radical (unpaired) electrons. The van der Waals surface area contributed by atoms with E-state index in [1.165, 1.54) is 11.2 Å². The summed E-state index contributed by atoms with van der Waals surface area (Å²) in [6.45, 7) is 9.13. The molecular formula is C25H32N6O2. The van der Waals surface area contributed by atoms with Gasteiger partial charge in [-0.25, -0.2) is 9.97 Å². The van der Waals surface area contributed by atoms with Crippen LogP contribution in [0.2, 0.25) is 0 Å². The van der Waals surface area contributed by atoms with Gasteiger partial charge in [0, 0.05) is 23.9 Å². The van der Waals surface area contributed by atoms with E-state index in [1.54, 1.807) is 17.2 Å². The molecule has 0 unspecified atom stereocenters. The Bertz CT molecular complexity index is 1060. The lowest BCUT2D eigenvalue weighted by molar-refractivity contribution is -0.133. The topological polar surface area (TPSA) is 102 Å². The van der Waals surface area contributed by atoms with Crippen molar-refractivity contribution in [2.24, 2.45) is 5.92 Å². The van der Waals surface area contributed by atoms with Gasteiger partial charge in [-0.3, -0.25) is 19.9 Å². The first-order valence-corrected chi connectivity index (χ1v) is 11.6. The molecular weight excluding hydrogens is 416 g/mol. The molecule has 4 rings (SSSR count). The second-order valence-electron chi connectivity index (χ2n) is 9.47. The van der Waals surface area contributed by atoms with Crippen molar-refractivity contribution >= 4 is 17.8 Å². The summed E-state index contributed by atoms with van der Waals surface area (Å²) in [6, 6.07) is 7.01. The molecule has 2 atom stereocenters. The summed E-state index contributed by atoms with van der Waals surface area (Å²) in [7, 11) is 0. The minimum absolute atomic E-state index is 0.0616. The zero-order chi connectivity index (χ0) is 23.8. The minimum atomic E-state index is -0.731. The van der Waals surface area contributed by atoms with Gasteiger partial charge in [0.25, 0.3) is 11.8 Å². The van der Waals surface area contributed by atoms with Crippen LogP contribution >= 0.6 is 0 Å². The molecule has 8 nitrogen and oxygen atoms in total. The minimum Gasteiger partial charge on any atom is -0.342 e. The average Bonchev–Trinajstić information content (AvgIpc) is 3.35. The fraction of sp³-hybridized carbons (Fsp3) is 0.480. The molecule has 33 heavy (non-hydrogen) atoms. The maximum atomic E-state index is 13.5. The number of hydrogen-bond acceptors (Lipinski definition) is 5. The van der Waals surface area contributed by atoms with E-state index in [0.717, 1.165) is 23.2 Å². The second-order valence-corrected chi connectivity index (χ2v) is 9.47. The van der Waals surface area contributed by atoms with Crippen molar-refractivity contribution in [3.63, 3.8) is 0 Å². The molecule has 2 N–H and O–H groups in total. The highest BCUT2D eigenvalue weighted by Gasteiger charge is 2.49. The van der Waals surface area contributed by atoms with Crippen molar-refractivity contribution in [1.82, 2.24) is 25.1 Å². The van der Waals surface area contributed by atoms with Crippen molar-refractivity contribution in [3.05, 3.63) is 59.2 Å². The first kappa shape index (κ1) is 22.9. The predicted octanol–water partition coefficient (Wildman–Crippen LogP) is 3.65. The van der Waals surface area contributed by atoms with E-state index in [0.29, 0.717) is 37.4 Å². The van der Waals surface area contributed by atoms with Crippen molar-refractivity contribution in [1.29, 1.82) is 5.41 Å². The molecule has 3 heterocycles. The van der Waals surface area contributed by atoms with Gasteiger partial charge in [-0.2, -0.15) is 0 Å². The third kappa shape index (κ3) is 4.21. The molecule has 1 fully saturated rings. The molecule has 0 aliphatic carbocycles. The quantitative estimate of drug-likeness (QED) is 0.673.